The van der Waals surface area contributed by atoms with Crippen LogP contribution in [0.15, 0.2) is 53.7 Å². The Morgan fingerprint density at radius 1 is 1.17 bits per heavy atom. The molecular formula is C21H24N4O3S. The molecule has 2 aromatic heterocycles. The first-order valence-electron chi connectivity index (χ1n) is 9.74. The number of carbonyl (C=O) groups excluding carboxylic acids is 1. The van der Waals surface area contributed by atoms with Crippen molar-refractivity contribution in [3.8, 4) is 0 Å². The minimum Gasteiger partial charge on any atom is -0.350 e. The van der Waals surface area contributed by atoms with Crippen LogP contribution < -0.4 is 5.32 Å². The van der Waals surface area contributed by atoms with Gasteiger partial charge in [-0.05, 0) is 37.0 Å². The van der Waals surface area contributed by atoms with Crippen molar-refractivity contribution in [2.45, 2.75) is 24.2 Å². The van der Waals surface area contributed by atoms with Gasteiger partial charge in [0.2, 0.25) is 10.0 Å². The van der Waals surface area contributed by atoms with E-state index in [1.165, 1.54) is 16.6 Å². The predicted octanol–water partition coefficient (Wildman–Crippen LogP) is 2.33. The molecule has 0 atom stereocenters. The molecule has 0 unspecified atom stereocenters. The molecule has 1 saturated heterocycles. The summed E-state index contributed by atoms with van der Waals surface area (Å²) >= 11 is 0. The summed E-state index contributed by atoms with van der Waals surface area (Å²) in [4.78, 5) is 17.2. The molecule has 1 aromatic carbocycles. The SMILES string of the molecule is Cn1cc(S(=O)(=O)N2CCCC2)cc1C(=O)NCCc1cccc2cccnc12. The Labute approximate surface area is 170 Å². The molecule has 8 heteroatoms. The molecule has 3 heterocycles. The maximum absolute atomic E-state index is 12.7. The lowest BCUT2D eigenvalue weighted by atomic mass is 10.1. The average molecular weight is 413 g/mol. The average Bonchev–Trinajstić information content (AvgIpc) is 3.39. The van der Waals surface area contributed by atoms with Crippen LogP contribution in [0, 0.1) is 0 Å². The molecule has 0 radical (unpaired) electrons. The highest BCUT2D eigenvalue weighted by Crippen LogP contribution is 2.22. The highest BCUT2D eigenvalue weighted by atomic mass is 32.2. The minimum absolute atomic E-state index is 0.172. The summed E-state index contributed by atoms with van der Waals surface area (Å²) in [5.74, 6) is -0.288. The molecule has 4 rings (SSSR count). The van der Waals surface area contributed by atoms with Crippen LogP contribution in [0.1, 0.15) is 28.9 Å². The molecule has 1 amide bonds. The largest absolute Gasteiger partial charge is 0.350 e. The van der Waals surface area contributed by atoms with Crippen LogP contribution in [0.3, 0.4) is 0 Å². The van der Waals surface area contributed by atoms with Crippen molar-refractivity contribution in [2.24, 2.45) is 7.05 Å². The van der Waals surface area contributed by atoms with Crippen LogP contribution >= 0.6 is 0 Å². The summed E-state index contributed by atoms with van der Waals surface area (Å²) in [5.41, 5.74) is 2.33. The maximum atomic E-state index is 12.7. The smallest absolute Gasteiger partial charge is 0.267 e. The van der Waals surface area contributed by atoms with Crippen LogP contribution in [-0.2, 0) is 23.5 Å². The number of sulfonamides is 1. The predicted molar refractivity (Wildman–Crippen MR) is 111 cm³/mol. The molecule has 7 nitrogen and oxygen atoms in total. The van der Waals surface area contributed by atoms with Crippen LogP contribution in [0.25, 0.3) is 10.9 Å². The number of fused-ring (bicyclic) bond motifs is 1. The van der Waals surface area contributed by atoms with E-state index < -0.39 is 10.0 Å². The van der Waals surface area contributed by atoms with E-state index in [9.17, 15) is 13.2 Å². The van der Waals surface area contributed by atoms with Crippen molar-refractivity contribution in [3.05, 3.63) is 60.0 Å². The fourth-order valence-corrected chi connectivity index (χ4v) is 5.34. The third kappa shape index (κ3) is 3.90. The van der Waals surface area contributed by atoms with Crippen molar-refractivity contribution in [1.82, 2.24) is 19.2 Å². The van der Waals surface area contributed by atoms with E-state index >= 15 is 0 Å². The van der Waals surface area contributed by atoms with E-state index in [1.54, 1.807) is 17.8 Å². The second-order valence-corrected chi connectivity index (χ2v) is 9.22. The number of aromatic nitrogens is 2. The topological polar surface area (TPSA) is 84.3 Å². The highest BCUT2D eigenvalue weighted by molar-refractivity contribution is 7.89. The molecule has 1 N–H and O–H groups in total. The summed E-state index contributed by atoms with van der Waals surface area (Å²) in [6, 6.07) is 11.4. The van der Waals surface area contributed by atoms with Crippen LogP contribution in [0.5, 0.6) is 0 Å². The Balaban J connectivity index is 1.44. The number of rotatable bonds is 6. The van der Waals surface area contributed by atoms with Crippen molar-refractivity contribution < 1.29 is 13.2 Å². The Kier molecular flexibility index (Phi) is 5.38. The van der Waals surface area contributed by atoms with Crippen LogP contribution in [-0.4, -0.2) is 47.8 Å². The van der Waals surface area contributed by atoms with Crippen molar-refractivity contribution in [1.29, 1.82) is 0 Å². The number of hydrogen-bond donors (Lipinski definition) is 1. The number of nitrogens with one attached hydrogen (secondary N) is 1. The normalized spacial score (nSPS) is 15.1. The number of hydrogen-bond acceptors (Lipinski definition) is 4. The van der Waals surface area contributed by atoms with Gasteiger partial charge in [0, 0.05) is 44.5 Å². The Morgan fingerprint density at radius 2 is 1.93 bits per heavy atom. The van der Waals surface area contributed by atoms with Gasteiger partial charge >= 0.3 is 0 Å². The highest BCUT2D eigenvalue weighted by Gasteiger charge is 2.29. The maximum Gasteiger partial charge on any atom is 0.267 e. The number of aryl methyl sites for hydroxylation is 1. The van der Waals surface area contributed by atoms with Gasteiger partial charge in [-0.25, -0.2) is 8.42 Å². The summed E-state index contributed by atoms with van der Waals surface area (Å²) in [7, 11) is -1.85. The monoisotopic (exact) mass is 412 g/mol. The summed E-state index contributed by atoms with van der Waals surface area (Å²) < 4.78 is 28.5. The quantitative estimate of drug-likeness (QED) is 0.673. The van der Waals surface area contributed by atoms with E-state index in [-0.39, 0.29) is 10.8 Å². The van der Waals surface area contributed by atoms with E-state index in [2.05, 4.69) is 10.3 Å². The molecule has 0 saturated carbocycles. The second kappa shape index (κ2) is 7.96. The first kappa shape index (κ1) is 19.6. The summed E-state index contributed by atoms with van der Waals surface area (Å²) in [5, 5.41) is 3.96. The second-order valence-electron chi connectivity index (χ2n) is 7.28. The van der Waals surface area contributed by atoms with Gasteiger partial charge in [-0.3, -0.25) is 9.78 Å². The molecule has 0 spiro atoms. The lowest BCUT2D eigenvalue weighted by Crippen LogP contribution is -2.28. The van der Waals surface area contributed by atoms with Gasteiger partial charge in [-0.1, -0.05) is 24.3 Å². The van der Waals surface area contributed by atoms with Gasteiger partial charge < -0.3 is 9.88 Å². The summed E-state index contributed by atoms with van der Waals surface area (Å²) in [6.45, 7) is 1.52. The molecule has 152 valence electrons. The van der Waals surface area contributed by atoms with E-state index in [0.29, 0.717) is 31.7 Å². The lowest BCUT2D eigenvalue weighted by Gasteiger charge is -2.13. The van der Waals surface area contributed by atoms with Gasteiger partial charge in [0.1, 0.15) is 10.6 Å². The van der Waals surface area contributed by atoms with Gasteiger partial charge in [-0.2, -0.15) is 4.31 Å². The van der Waals surface area contributed by atoms with E-state index in [1.807, 2.05) is 30.3 Å². The number of benzene rings is 1. The van der Waals surface area contributed by atoms with Gasteiger partial charge in [0.05, 0.1) is 5.52 Å². The molecule has 0 aliphatic carbocycles. The zero-order valence-corrected chi connectivity index (χ0v) is 17.2. The van der Waals surface area contributed by atoms with E-state index in [4.69, 9.17) is 0 Å². The van der Waals surface area contributed by atoms with Crippen molar-refractivity contribution >= 4 is 26.8 Å². The summed E-state index contributed by atoms with van der Waals surface area (Å²) in [6.07, 6.45) is 5.67. The lowest BCUT2D eigenvalue weighted by molar-refractivity contribution is 0.0946. The van der Waals surface area contributed by atoms with Crippen LogP contribution in [0.2, 0.25) is 0 Å². The molecule has 3 aromatic rings. The fraction of sp³-hybridized carbons (Fsp3) is 0.333. The standard InChI is InChI=1S/C21H24N4O3S/c1-24-15-18(29(27,28)25-12-2-3-13-25)14-19(24)21(26)23-11-9-17-7-4-6-16-8-5-10-22-20(16)17/h4-8,10,14-15H,2-3,9,11-13H2,1H3,(H,23,26). The molecule has 0 bridgehead atoms. The number of amides is 1. The van der Waals surface area contributed by atoms with E-state index in [0.717, 1.165) is 29.3 Å². The number of para-hydroxylation sites is 1. The third-order valence-electron chi connectivity index (χ3n) is 5.31. The zero-order chi connectivity index (χ0) is 20.4. The Morgan fingerprint density at radius 3 is 2.72 bits per heavy atom. The van der Waals surface area contributed by atoms with Crippen molar-refractivity contribution in [3.63, 3.8) is 0 Å². The van der Waals surface area contributed by atoms with Crippen molar-refractivity contribution in [2.75, 3.05) is 19.6 Å². The molecule has 29 heavy (non-hydrogen) atoms. The first-order valence-corrected chi connectivity index (χ1v) is 11.2. The number of pyridine rings is 1. The molecule has 1 aliphatic rings. The third-order valence-corrected chi connectivity index (χ3v) is 7.18. The molecular weight excluding hydrogens is 388 g/mol. The van der Waals surface area contributed by atoms with Gasteiger partial charge in [0.15, 0.2) is 0 Å². The minimum atomic E-state index is -3.54. The Bertz CT molecular complexity index is 1140. The molecule has 1 fully saturated rings. The Hall–Kier alpha value is -2.71. The number of nitrogens with zero attached hydrogens (tertiary/aromatic N) is 3. The zero-order valence-electron chi connectivity index (χ0n) is 16.3. The van der Waals surface area contributed by atoms with Crippen LogP contribution in [0.4, 0.5) is 0 Å². The number of carbonyl (C=O) groups is 1. The van der Waals surface area contributed by atoms with Gasteiger partial charge in [-0.15, -0.1) is 0 Å². The first-order chi connectivity index (χ1) is 14.0. The van der Waals surface area contributed by atoms with Gasteiger partial charge in [0.25, 0.3) is 5.91 Å². The molecule has 1 aliphatic heterocycles. The fourth-order valence-electron chi connectivity index (χ4n) is 3.75.